The highest BCUT2D eigenvalue weighted by molar-refractivity contribution is 9.09. The van der Waals surface area contributed by atoms with Crippen molar-refractivity contribution in [1.82, 2.24) is 15.1 Å². The molecular weight excluding hydrogens is 702 g/mol. The van der Waals surface area contributed by atoms with E-state index >= 15 is 0 Å². The molecule has 11 heteroatoms. The van der Waals surface area contributed by atoms with Crippen LogP contribution in [0.25, 0.3) is 0 Å². The van der Waals surface area contributed by atoms with Crippen LogP contribution in [0.1, 0.15) is 69.2 Å². The third-order valence-electron chi connectivity index (χ3n) is 10.3. The Kier molecular flexibility index (Phi) is 12.3. The second-order valence-electron chi connectivity index (χ2n) is 13.4. The van der Waals surface area contributed by atoms with Crippen molar-refractivity contribution in [3.05, 3.63) is 97.1 Å². The number of benzene rings is 2. The summed E-state index contributed by atoms with van der Waals surface area (Å²) in [4.78, 5) is 59.6. The van der Waals surface area contributed by atoms with E-state index in [0.717, 1.165) is 18.4 Å². The maximum atomic E-state index is 14.9. The van der Waals surface area contributed by atoms with Crippen LogP contribution in [0.15, 0.2) is 86.0 Å². The maximum absolute atomic E-state index is 14.9. The number of carbonyl (C=O) groups is 4. The van der Waals surface area contributed by atoms with E-state index in [1.807, 2.05) is 67.6 Å². The van der Waals surface area contributed by atoms with Gasteiger partial charge in [0.15, 0.2) is 0 Å². The zero-order valence-electron chi connectivity index (χ0n) is 28.8. The van der Waals surface area contributed by atoms with Gasteiger partial charge in [-0.2, -0.15) is 0 Å². The molecule has 2 bridgehead atoms. The van der Waals surface area contributed by atoms with Crippen LogP contribution in [0, 0.1) is 11.8 Å². The maximum Gasteiger partial charge on any atom is 0.306 e. The number of hydrogen-bond acceptors (Lipinski definition) is 7. The number of aliphatic hydroxyl groups is 1. The van der Waals surface area contributed by atoms with E-state index in [4.69, 9.17) is 9.47 Å². The Balaban J connectivity index is 1.54. The summed E-state index contributed by atoms with van der Waals surface area (Å²) in [6.45, 7) is 11.3. The summed E-state index contributed by atoms with van der Waals surface area (Å²) in [7, 11) is 0. The van der Waals surface area contributed by atoms with Crippen molar-refractivity contribution >= 4 is 39.6 Å². The number of esters is 1. The van der Waals surface area contributed by atoms with Crippen molar-refractivity contribution in [2.24, 2.45) is 11.8 Å². The summed E-state index contributed by atoms with van der Waals surface area (Å²) in [5.74, 6) is -3.52. The first-order valence-electron chi connectivity index (χ1n) is 17.5. The lowest BCUT2D eigenvalue weighted by molar-refractivity contribution is -0.152. The normalized spacial score (nSPS) is 26.8. The highest BCUT2D eigenvalue weighted by Gasteiger charge is 2.77. The number of hydrogen-bond donors (Lipinski definition) is 2. The first-order valence-corrected chi connectivity index (χ1v) is 18.4. The van der Waals surface area contributed by atoms with Crippen LogP contribution < -0.4 is 5.32 Å². The molecule has 3 aliphatic heterocycles. The van der Waals surface area contributed by atoms with Crippen LogP contribution in [-0.4, -0.2) is 87.0 Å². The van der Waals surface area contributed by atoms with Gasteiger partial charge in [-0.25, -0.2) is 0 Å². The van der Waals surface area contributed by atoms with Gasteiger partial charge in [-0.05, 0) is 37.3 Å². The van der Waals surface area contributed by atoms with E-state index < -0.39 is 66.1 Å². The number of allylic oxidation sites excluding steroid dienone is 1. The Morgan fingerprint density at radius 1 is 1.12 bits per heavy atom. The quantitative estimate of drug-likeness (QED) is 0.132. The van der Waals surface area contributed by atoms with Gasteiger partial charge in [-0.1, -0.05) is 102 Å². The molecule has 1 spiro atoms. The Labute approximate surface area is 303 Å². The zero-order valence-corrected chi connectivity index (χ0v) is 30.4. The third kappa shape index (κ3) is 7.18. The van der Waals surface area contributed by atoms with E-state index in [1.165, 1.54) is 4.90 Å². The minimum absolute atomic E-state index is 0.106. The van der Waals surface area contributed by atoms with Crippen molar-refractivity contribution < 1.29 is 33.8 Å². The summed E-state index contributed by atoms with van der Waals surface area (Å²) in [6.07, 6.45) is 5.17. The van der Waals surface area contributed by atoms with E-state index in [-0.39, 0.29) is 36.3 Å². The predicted molar refractivity (Wildman–Crippen MR) is 193 cm³/mol. The second kappa shape index (κ2) is 16.5. The minimum Gasteiger partial charge on any atom is -0.463 e. The molecule has 0 aliphatic carbocycles. The van der Waals surface area contributed by atoms with E-state index in [2.05, 4.69) is 41.3 Å². The number of ether oxygens (including phenoxy) is 2. The second-order valence-corrected chi connectivity index (χ2v) is 14.6. The number of alkyl halides is 1. The number of rotatable bonds is 17. The van der Waals surface area contributed by atoms with E-state index in [0.29, 0.717) is 18.4 Å². The van der Waals surface area contributed by atoms with Gasteiger partial charge in [-0.15, -0.1) is 13.2 Å². The van der Waals surface area contributed by atoms with Crippen LogP contribution in [-0.2, 0) is 28.7 Å². The number of aliphatic hydroxyl groups excluding tert-OH is 1. The molecule has 10 nitrogen and oxygen atoms in total. The largest absolute Gasteiger partial charge is 0.463 e. The molecule has 3 saturated heterocycles. The molecule has 5 rings (SSSR count). The molecule has 3 aliphatic rings. The highest BCUT2D eigenvalue weighted by atomic mass is 79.9. The molecule has 2 aromatic carbocycles. The Morgan fingerprint density at radius 3 is 2.38 bits per heavy atom. The summed E-state index contributed by atoms with van der Waals surface area (Å²) in [6, 6.07) is 15.5. The van der Waals surface area contributed by atoms with Gasteiger partial charge in [0.2, 0.25) is 17.7 Å². The molecule has 50 heavy (non-hydrogen) atoms. The molecule has 268 valence electrons. The van der Waals surface area contributed by atoms with Crippen LogP contribution in [0.4, 0.5) is 0 Å². The molecule has 9 atom stereocenters. The number of nitrogens with one attached hydrogen (secondary N) is 1. The summed E-state index contributed by atoms with van der Waals surface area (Å²) in [5, 5.41) is 13.9. The van der Waals surface area contributed by atoms with Crippen molar-refractivity contribution in [1.29, 1.82) is 0 Å². The Bertz CT molecular complexity index is 1540. The van der Waals surface area contributed by atoms with E-state index in [9.17, 15) is 24.3 Å². The smallest absolute Gasteiger partial charge is 0.306 e. The van der Waals surface area contributed by atoms with Gasteiger partial charge < -0.3 is 29.7 Å². The van der Waals surface area contributed by atoms with Crippen LogP contribution in [0.5, 0.6) is 0 Å². The summed E-state index contributed by atoms with van der Waals surface area (Å²) < 4.78 is 12.3. The topological polar surface area (TPSA) is 125 Å². The Hall–Kier alpha value is -3.80. The van der Waals surface area contributed by atoms with Gasteiger partial charge in [0, 0.05) is 23.8 Å². The fourth-order valence-electron chi connectivity index (χ4n) is 8.01. The lowest BCUT2D eigenvalue weighted by Crippen LogP contribution is -2.59. The predicted octanol–water partition coefficient (Wildman–Crippen LogP) is 5.04. The minimum atomic E-state index is -1.33. The monoisotopic (exact) mass is 749 g/mol. The summed E-state index contributed by atoms with van der Waals surface area (Å²) >= 11 is 3.75. The zero-order chi connectivity index (χ0) is 36.0. The number of halogens is 1. The molecule has 3 heterocycles. The van der Waals surface area contributed by atoms with Crippen molar-refractivity contribution in [2.45, 2.75) is 86.7 Å². The molecule has 2 aromatic rings. The lowest BCUT2D eigenvalue weighted by Gasteiger charge is -2.41. The third-order valence-corrected chi connectivity index (χ3v) is 11.1. The summed E-state index contributed by atoms with van der Waals surface area (Å²) in [5.41, 5.74) is 0.0678. The molecular formula is C39H48BrN3O7. The SMILES string of the molecule is C=CCCC(=O)OC[C@@H](NC(=O)[C@H]1[C@@H]2O[C@@]3(CC2Br)[C@@H]1C(=O)N([C@H](CO)c1ccccc1)[C@@H]3C(=O)N(CC=C)C(C)CCC)c1ccccc1. The molecule has 0 saturated carbocycles. The molecule has 0 radical (unpaired) electrons. The van der Waals surface area contributed by atoms with Gasteiger partial charge in [0.25, 0.3) is 0 Å². The lowest BCUT2D eigenvalue weighted by atomic mass is 9.70. The van der Waals surface area contributed by atoms with Gasteiger partial charge in [-0.3, -0.25) is 19.2 Å². The van der Waals surface area contributed by atoms with Gasteiger partial charge >= 0.3 is 5.97 Å². The van der Waals surface area contributed by atoms with Crippen LogP contribution in [0.3, 0.4) is 0 Å². The first-order chi connectivity index (χ1) is 24.1. The molecule has 2 N–H and O–H groups in total. The Morgan fingerprint density at radius 2 is 1.78 bits per heavy atom. The number of carbonyl (C=O) groups excluding carboxylic acids is 4. The first kappa shape index (κ1) is 37.5. The van der Waals surface area contributed by atoms with Gasteiger partial charge in [0.05, 0.1) is 36.6 Å². The van der Waals surface area contributed by atoms with Crippen LogP contribution >= 0.6 is 15.9 Å². The molecule has 3 fully saturated rings. The average molecular weight is 751 g/mol. The number of amides is 3. The van der Waals surface area contributed by atoms with Crippen molar-refractivity contribution in [3.8, 4) is 0 Å². The fraction of sp³-hybridized carbons (Fsp3) is 0.487. The van der Waals surface area contributed by atoms with Gasteiger partial charge in [0.1, 0.15) is 18.2 Å². The fourth-order valence-corrected chi connectivity index (χ4v) is 8.95. The number of likely N-dealkylation sites (tertiary alicyclic amines) is 1. The van der Waals surface area contributed by atoms with E-state index in [1.54, 1.807) is 17.1 Å². The molecule has 3 amide bonds. The number of fused-ring (bicyclic) bond motifs is 1. The van der Waals surface area contributed by atoms with Crippen LogP contribution in [0.2, 0.25) is 0 Å². The highest BCUT2D eigenvalue weighted by Crippen LogP contribution is 2.61. The van der Waals surface area contributed by atoms with Crippen molar-refractivity contribution in [3.63, 3.8) is 0 Å². The average Bonchev–Trinajstić information content (AvgIpc) is 3.72. The standard InChI is InChI=1S/C39H48BrN3O7/c1-5-8-20-31(45)49-24-29(26-16-11-9-12-17-26)41-36(46)32-33-37(47)43(30(23-44)27-18-13-10-14-19-27)35(39(33)22-28(40)34(32)50-39)38(48)42(21-7-3)25(4)15-6-2/h5,7,9-14,16-19,25,28-30,32-35,44H,1,3,6,8,15,20-24H2,2,4H3,(H,41,46)/t25?,28?,29-,30-,32-,33+,34-,35-,39+/m1/s1. The molecule has 0 aromatic heterocycles. The molecule has 2 unspecified atom stereocenters. The number of nitrogens with zero attached hydrogens (tertiary/aromatic N) is 2. The van der Waals surface area contributed by atoms with Crippen molar-refractivity contribution in [2.75, 3.05) is 19.8 Å².